The van der Waals surface area contributed by atoms with Gasteiger partial charge in [0.25, 0.3) is 11.4 Å². The molecule has 0 aliphatic heterocycles. The van der Waals surface area contributed by atoms with Crippen molar-refractivity contribution in [3.63, 3.8) is 0 Å². The second kappa shape index (κ2) is 5.63. The molecule has 21 heavy (non-hydrogen) atoms. The second-order valence-corrected chi connectivity index (χ2v) is 4.46. The van der Waals surface area contributed by atoms with E-state index in [-0.39, 0.29) is 24.0 Å². The van der Waals surface area contributed by atoms with E-state index in [4.69, 9.17) is 5.73 Å². The van der Waals surface area contributed by atoms with Crippen LogP contribution in [0.25, 0.3) is 0 Å². The van der Waals surface area contributed by atoms with Crippen LogP contribution in [-0.4, -0.2) is 24.8 Å². The topological polar surface area (TPSA) is 143 Å². The molecule has 0 spiro atoms. The lowest BCUT2D eigenvalue weighted by atomic mass is 10.1. The van der Waals surface area contributed by atoms with Crippen molar-refractivity contribution in [3.8, 4) is 0 Å². The summed E-state index contributed by atoms with van der Waals surface area (Å²) in [5.74, 6) is 0. The molecule has 0 fully saturated rings. The summed E-state index contributed by atoms with van der Waals surface area (Å²) in [5.41, 5.74) is 5.84. The van der Waals surface area contributed by atoms with Gasteiger partial charge in [0, 0.05) is 12.1 Å². The molecule has 10 nitrogen and oxygen atoms in total. The van der Waals surface area contributed by atoms with Crippen LogP contribution >= 0.6 is 0 Å². The molecule has 0 saturated heterocycles. The summed E-state index contributed by atoms with van der Waals surface area (Å²) >= 11 is 0. The molecule has 2 rings (SSSR count). The van der Waals surface area contributed by atoms with Crippen molar-refractivity contribution in [2.24, 2.45) is 5.73 Å². The Morgan fingerprint density at radius 1 is 1.33 bits per heavy atom. The van der Waals surface area contributed by atoms with Gasteiger partial charge in [-0.3, -0.25) is 20.2 Å². The Bertz CT molecular complexity index is 696. The van der Waals surface area contributed by atoms with Gasteiger partial charge in [0.2, 0.25) is 0 Å². The number of nitro benzene ring substituents is 2. The van der Waals surface area contributed by atoms with E-state index in [1.54, 1.807) is 13.1 Å². The largest absolute Gasteiger partial charge is 0.323 e. The van der Waals surface area contributed by atoms with Gasteiger partial charge >= 0.3 is 0 Å². The average molecular weight is 292 g/mol. The molecule has 2 aromatic rings. The van der Waals surface area contributed by atoms with Crippen molar-refractivity contribution in [2.75, 3.05) is 0 Å². The molecule has 10 heteroatoms. The predicted octanol–water partition coefficient (Wildman–Crippen LogP) is 1.16. The first-order valence-corrected chi connectivity index (χ1v) is 5.96. The highest BCUT2D eigenvalue weighted by molar-refractivity contribution is 5.49. The highest BCUT2D eigenvalue weighted by Crippen LogP contribution is 2.25. The van der Waals surface area contributed by atoms with E-state index in [1.807, 2.05) is 0 Å². The highest BCUT2D eigenvalue weighted by atomic mass is 16.6. The first kappa shape index (κ1) is 14.5. The number of non-ortho nitro benzene ring substituents is 1. The van der Waals surface area contributed by atoms with E-state index in [0.717, 1.165) is 6.07 Å². The fourth-order valence-electron chi connectivity index (χ4n) is 1.74. The maximum Gasteiger partial charge on any atom is 0.281 e. The number of hydrogen-bond acceptors (Lipinski definition) is 7. The zero-order valence-corrected chi connectivity index (χ0v) is 11.0. The van der Waals surface area contributed by atoms with Crippen LogP contribution in [0.3, 0.4) is 0 Å². The number of aromatic nitrogens is 3. The monoisotopic (exact) mass is 292 g/mol. The van der Waals surface area contributed by atoms with E-state index >= 15 is 0 Å². The number of benzene rings is 1. The molecule has 0 aliphatic rings. The molecule has 2 N–H and O–H groups in total. The van der Waals surface area contributed by atoms with E-state index in [1.165, 1.54) is 16.8 Å². The van der Waals surface area contributed by atoms with Crippen molar-refractivity contribution in [2.45, 2.75) is 19.5 Å². The third kappa shape index (κ3) is 3.17. The molecular weight excluding hydrogens is 280 g/mol. The van der Waals surface area contributed by atoms with Gasteiger partial charge in [-0.25, -0.2) is 4.68 Å². The first-order chi connectivity index (χ1) is 9.88. The fourth-order valence-corrected chi connectivity index (χ4v) is 1.74. The minimum atomic E-state index is -0.680. The van der Waals surface area contributed by atoms with Crippen molar-refractivity contribution in [1.29, 1.82) is 0 Å². The van der Waals surface area contributed by atoms with Crippen molar-refractivity contribution in [3.05, 3.63) is 55.9 Å². The number of rotatable bonds is 5. The minimum absolute atomic E-state index is 0.0774. The Morgan fingerprint density at radius 3 is 2.57 bits per heavy atom. The Labute approximate surface area is 118 Å². The minimum Gasteiger partial charge on any atom is -0.323 e. The van der Waals surface area contributed by atoms with Gasteiger partial charge in [-0.2, -0.15) is 0 Å². The summed E-state index contributed by atoms with van der Waals surface area (Å²) in [6.45, 7) is 1.82. The van der Waals surface area contributed by atoms with Crippen LogP contribution < -0.4 is 5.73 Å². The van der Waals surface area contributed by atoms with Crippen LogP contribution in [-0.2, 0) is 6.54 Å². The average Bonchev–Trinajstić information content (AvgIpc) is 2.87. The lowest BCUT2D eigenvalue weighted by molar-refractivity contribution is -0.394. The molecule has 0 saturated carbocycles. The third-order valence-electron chi connectivity index (χ3n) is 2.83. The zero-order valence-electron chi connectivity index (χ0n) is 11.0. The van der Waals surface area contributed by atoms with Crippen LogP contribution in [0.5, 0.6) is 0 Å². The molecule has 0 amide bonds. The van der Waals surface area contributed by atoms with Gasteiger partial charge in [0.15, 0.2) is 0 Å². The lowest BCUT2D eigenvalue weighted by Gasteiger charge is -2.03. The molecule has 0 bridgehead atoms. The molecule has 1 aromatic carbocycles. The zero-order chi connectivity index (χ0) is 15.6. The highest BCUT2D eigenvalue weighted by Gasteiger charge is 2.20. The summed E-state index contributed by atoms with van der Waals surface area (Å²) in [6.07, 6.45) is 1.58. The smallest absolute Gasteiger partial charge is 0.281 e. The number of nitrogens with zero attached hydrogens (tertiary/aromatic N) is 5. The Morgan fingerprint density at radius 2 is 2.05 bits per heavy atom. The molecule has 110 valence electrons. The van der Waals surface area contributed by atoms with Crippen molar-refractivity contribution >= 4 is 11.4 Å². The molecule has 0 aliphatic carbocycles. The van der Waals surface area contributed by atoms with Crippen LogP contribution in [0, 0.1) is 20.2 Å². The molecule has 1 unspecified atom stereocenters. The summed E-state index contributed by atoms with van der Waals surface area (Å²) in [6, 6.07) is 3.18. The normalized spacial score (nSPS) is 12.1. The summed E-state index contributed by atoms with van der Waals surface area (Å²) in [7, 11) is 0. The van der Waals surface area contributed by atoms with Gasteiger partial charge in [0.1, 0.15) is 0 Å². The molecule has 1 heterocycles. The van der Waals surface area contributed by atoms with E-state index in [2.05, 4.69) is 10.3 Å². The Balaban J connectivity index is 2.34. The van der Waals surface area contributed by atoms with Crippen LogP contribution in [0.15, 0.2) is 24.4 Å². The Hall–Kier alpha value is -2.88. The Kier molecular flexibility index (Phi) is 3.89. The standard InChI is InChI=1S/C11H12N6O4/c1-7(12)10-6-15(14-13-10)5-8-2-3-9(16(18)19)4-11(8)17(20)21/h2-4,6-7H,5,12H2,1H3. The van der Waals surface area contributed by atoms with Crippen molar-refractivity contribution < 1.29 is 9.85 Å². The van der Waals surface area contributed by atoms with E-state index in [0.29, 0.717) is 11.3 Å². The van der Waals surface area contributed by atoms with Crippen molar-refractivity contribution in [1.82, 2.24) is 15.0 Å². The van der Waals surface area contributed by atoms with Crippen LogP contribution in [0.2, 0.25) is 0 Å². The van der Waals surface area contributed by atoms with E-state index in [9.17, 15) is 20.2 Å². The quantitative estimate of drug-likeness (QED) is 0.643. The summed E-state index contributed by atoms with van der Waals surface area (Å²) < 4.78 is 1.40. The van der Waals surface area contributed by atoms with Gasteiger partial charge < -0.3 is 5.73 Å². The van der Waals surface area contributed by atoms with E-state index < -0.39 is 9.85 Å². The summed E-state index contributed by atoms with van der Waals surface area (Å²) in [4.78, 5) is 20.3. The first-order valence-electron chi connectivity index (χ1n) is 5.96. The number of nitro groups is 2. The molecule has 0 radical (unpaired) electrons. The SMILES string of the molecule is CC(N)c1cn(Cc2ccc([N+](=O)[O-])cc2[N+](=O)[O-])nn1. The maximum absolute atomic E-state index is 11.0. The van der Waals surface area contributed by atoms with Gasteiger partial charge in [-0.05, 0) is 13.0 Å². The number of hydrogen-bond donors (Lipinski definition) is 1. The molecule has 1 aromatic heterocycles. The lowest BCUT2D eigenvalue weighted by Crippen LogP contribution is -2.06. The summed E-state index contributed by atoms with van der Waals surface area (Å²) in [5, 5.41) is 29.3. The van der Waals surface area contributed by atoms with Crippen LogP contribution in [0.4, 0.5) is 11.4 Å². The van der Waals surface area contributed by atoms with Gasteiger partial charge in [-0.1, -0.05) is 5.21 Å². The molecule has 1 atom stereocenters. The fraction of sp³-hybridized carbons (Fsp3) is 0.273. The van der Waals surface area contributed by atoms with Gasteiger partial charge in [0.05, 0.1) is 39.9 Å². The maximum atomic E-state index is 11.0. The van der Waals surface area contributed by atoms with Gasteiger partial charge in [-0.15, -0.1) is 5.10 Å². The third-order valence-corrected chi connectivity index (χ3v) is 2.83. The van der Waals surface area contributed by atoms with Crippen LogP contribution in [0.1, 0.15) is 24.2 Å². The molecular formula is C11H12N6O4. The predicted molar refractivity (Wildman–Crippen MR) is 71.5 cm³/mol. The second-order valence-electron chi connectivity index (χ2n) is 4.46. The number of nitrogens with two attached hydrogens (primary N) is 1.